The summed E-state index contributed by atoms with van der Waals surface area (Å²) < 4.78 is 39.6. The lowest BCUT2D eigenvalue weighted by molar-refractivity contribution is 0.276. The summed E-state index contributed by atoms with van der Waals surface area (Å²) >= 11 is 0. The monoisotopic (exact) mass is 262 g/mol. The van der Waals surface area contributed by atoms with Gasteiger partial charge in [-0.2, -0.15) is 12.7 Å². The number of nitrogens with zero attached hydrogens (tertiary/aromatic N) is 1. The Morgan fingerprint density at radius 1 is 1.47 bits per heavy atom. The minimum absolute atomic E-state index is 0.0835. The van der Waals surface area contributed by atoms with Gasteiger partial charge >= 0.3 is 10.2 Å². The van der Waals surface area contributed by atoms with Gasteiger partial charge in [0, 0.05) is 20.2 Å². The van der Waals surface area contributed by atoms with E-state index in [1.807, 2.05) is 0 Å². The smallest absolute Gasteiger partial charge is 0.301 e. The average molecular weight is 262 g/mol. The van der Waals surface area contributed by atoms with Gasteiger partial charge in [0.2, 0.25) is 0 Å². The van der Waals surface area contributed by atoms with E-state index >= 15 is 0 Å². The van der Waals surface area contributed by atoms with Crippen molar-refractivity contribution < 1.29 is 17.9 Å². The molecule has 7 heteroatoms. The van der Waals surface area contributed by atoms with Gasteiger partial charge in [-0.05, 0) is 24.6 Å². The molecule has 2 N–H and O–H groups in total. The summed E-state index contributed by atoms with van der Waals surface area (Å²) in [5.41, 5.74) is 0.167. The highest BCUT2D eigenvalue weighted by molar-refractivity contribution is 7.90. The van der Waals surface area contributed by atoms with Crippen molar-refractivity contribution in [3.63, 3.8) is 0 Å². The van der Waals surface area contributed by atoms with Gasteiger partial charge in [0.25, 0.3) is 0 Å². The van der Waals surface area contributed by atoms with E-state index in [2.05, 4.69) is 4.72 Å². The van der Waals surface area contributed by atoms with Crippen molar-refractivity contribution in [3.05, 3.63) is 30.1 Å². The van der Waals surface area contributed by atoms with E-state index in [9.17, 15) is 12.8 Å². The second-order valence-corrected chi connectivity index (χ2v) is 5.29. The van der Waals surface area contributed by atoms with Crippen molar-refractivity contribution in [2.45, 2.75) is 6.42 Å². The summed E-state index contributed by atoms with van der Waals surface area (Å²) in [6.07, 6.45) is 0.348. The van der Waals surface area contributed by atoms with Crippen LogP contribution in [0.5, 0.6) is 0 Å². The SMILES string of the molecule is CN(CCCO)S(=O)(=O)Nc1cccc(F)c1. The molecule has 17 heavy (non-hydrogen) atoms. The quantitative estimate of drug-likeness (QED) is 0.796. The van der Waals surface area contributed by atoms with Gasteiger partial charge in [0.05, 0.1) is 5.69 Å². The van der Waals surface area contributed by atoms with E-state index in [4.69, 9.17) is 5.11 Å². The van der Waals surface area contributed by atoms with Crippen LogP contribution in [0.3, 0.4) is 0 Å². The molecule has 0 aromatic heterocycles. The van der Waals surface area contributed by atoms with Crippen molar-refractivity contribution in [1.29, 1.82) is 0 Å². The van der Waals surface area contributed by atoms with Gasteiger partial charge in [-0.3, -0.25) is 4.72 Å². The topological polar surface area (TPSA) is 69.6 Å². The lowest BCUT2D eigenvalue weighted by Gasteiger charge is -2.17. The first kappa shape index (κ1) is 13.9. The molecular weight excluding hydrogens is 247 g/mol. The number of aliphatic hydroxyl groups is 1. The van der Waals surface area contributed by atoms with Gasteiger partial charge in [0.1, 0.15) is 5.82 Å². The first-order valence-electron chi connectivity index (χ1n) is 5.06. The second-order valence-electron chi connectivity index (χ2n) is 3.52. The zero-order valence-electron chi connectivity index (χ0n) is 9.43. The number of hydrogen-bond donors (Lipinski definition) is 2. The van der Waals surface area contributed by atoms with E-state index in [1.165, 1.54) is 25.2 Å². The summed E-state index contributed by atoms with van der Waals surface area (Å²) in [5.74, 6) is -0.511. The fourth-order valence-corrected chi connectivity index (χ4v) is 2.14. The van der Waals surface area contributed by atoms with Crippen LogP contribution in [0.25, 0.3) is 0 Å². The highest BCUT2D eigenvalue weighted by Crippen LogP contribution is 2.12. The molecule has 1 aromatic carbocycles. The van der Waals surface area contributed by atoms with Crippen LogP contribution in [-0.2, 0) is 10.2 Å². The maximum Gasteiger partial charge on any atom is 0.301 e. The molecule has 0 aliphatic heterocycles. The van der Waals surface area contributed by atoms with E-state index in [0.717, 1.165) is 10.4 Å². The summed E-state index contributed by atoms with van der Waals surface area (Å²) in [7, 11) is -2.31. The largest absolute Gasteiger partial charge is 0.396 e. The predicted molar refractivity (Wildman–Crippen MR) is 63.3 cm³/mol. The van der Waals surface area contributed by atoms with Crippen molar-refractivity contribution in [1.82, 2.24) is 4.31 Å². The Morgan fingerprint density at radius 2 is 2.18 bits per heavy atom. The Morgan fingerprint density at radius 3 is 2.76 bits per heavy atom. The van der Waals surface area contributed by atoms with E-state index < -0.39 is 16.0 Å². The van der Waals surface area contributed by atoms with Crippen LogP contribution < -0.4 is 4.72 Å². The molecule has 0 bridgehead atoms. The molecule has 0 saturated heterocycles. The Kier molecular flexibility index (Phi) is 4.86. The summed E-state index contributed by atoms with van der Waals surface area (Å²) in [6, 6.07) is 5.20. The van der Waals surface area contributed by atoms with Crippen LogP contribution in [0.2, 0.25) is 0 Å². The van der Waals surface area contributed by atoms with Gasteiger partial charge in [-0.1, -0.05) is 6.07 Å². The summed E-state index contributed by atoms with van der Waals surface area (Å²) in [4.78, 5) is 0. The van der Waals surface area contributed by atoms with E-state index in [1.54, 1.807) is 0 Å². The third-order valence-corrected chi connectivity index (χ3v) is 3.61. The number of hydrogen-bond acceptors (Lipinski definition) is 3. The normalized spacial score (nSPS) is 11.8. The Labute approximate surface area is 100 Å². The molecule has 0 amide bonds. The molecule has 0 aliphatic rings. The molecule has 0 saturated carbocycles. The molecule has 0 aliphatic carbocycles. The summed E-state index contributed by atoms with van der Waals surface area (Å²) in [6.45, 7) is 0.112. The summed E-state index contributed by atoms with van der Waals surface area (Å²) in [5, 5.41) is 8.62. The molecule has 5 nitrogen and oxygen atoms in total. The lowest BCUT2D eigenvalue weighted by Crippen LogP contribution is -2.33. The highest BCUT2D eigenvalue weighted by Gasteiger charge is 2.16. The van der Waals surface area contributed by atoms with Crippen molar-refractivity contribution >= 4 is 15.9 Å². The van der Waals surface area contributed by atoms with Gasteiger partial charge < -0.3 is 5.11 Å². The molecule has 1 aromatic rings. The molecule has 0 atom stereocenters. The number of aliphatic hydroxyl groups excluding tert-OH is 1. The van der Waals surface area contributed by atoms with Crippen molar-refractivity contribution in [3.8, 4) is 0 Å². The van der Waals surface area contributed by atoms with Crippen LogP contribution in [-0.4, -0.2) is 38.0 Å². The molecule has 1 rings (SSSR count). The maximum absolute atomic E-state index is 12.9. The predicted octanol–water partition coefficient (Wildman–Crippen LogP) is 0.797. The van der Waals surface area contributed by atoms with E-state index in [-0.39, 0.29) is 18.8 Å². The molecular formula is C10H15FN2O3S. The fourth-order valence-electron chi connectivity index (χ4n) is 1.19. The third-order valence-electron chi connectivity index (χ3n) is 2.11. The Hall–Kier alpha value is -1.18. The van der Waals surface area contributed by atoms with Crippen LogP contribution in [0, 0.1) is 5.82 Å². The Bertz CT molecular complexity index is 464. The van der Waals surface area contributed by atoms with Gasteiger partial charge in [-0.15, -0.1) is 0 Å². The fraction of sp³-hybridized carbons (Fsp3) is 0.400. The average Bonchev–Trinajstić information content (AvgIpc) is 2.25. The van der Waals surface area contributed by atoms with Crippen molar-refractivity contribution in [2.75, 3.05) is 24.9 Å². The third kappa shape index (κ3) is 4.29. The van der Waals surface area contributed by atoms with Crippen LogP contribution in [0.4, 0.5) is 10.1 Å². The van der Waals surface area contributed by atoms with Gasteiger partial charge in [-0.25, -0.2) is 4.39 Å². The lowest BCUT2D eigenvalue weighted by atomic mass is 10.3. The molecule has 0 unspecified atom stereocenters. The molecule has 0 fully saturated rings. The molecule has 96 valence electrons. The first-order chi connectivity index (χ1) is 7.95. The second kappa shape index (κ2) is 5.95. The minimum Gasteiger partial charge on any atom is -0.396 e. The first-order valence-corrected chi connectivity index (χ1v) is 6.50. The number of rotatable bonds is 6. The molecule has 0 radical (unpaired) electrons. The minimum atomic E-state index is -3.70. The van der Waals surface area contributed by atoms with Crippen LogP contribution in [0.1, 0.15) is 6.42 Å². The van der Waals surface area contributed by atoms with Crippen LogP contribution >= 0.6 is 0 Å². The zero-order chi connectivity index (χ0) is 12.9. The van der Waals surface area contributed by atoms with Crippen molar-refractivity contribution in [2.24, 2.45) is 0 Å². The van der Waals surface area contributed by atoms with Gasteiger partial charge in [0.15, 0.2) is 0 Å². The Balaban J connectivity index is 2.72. The highest BCUT2D eigenvalue weighted by atomic mass is 32.2. The van der Waals surface area contributed by atoms with E-state index in [0.29, 0.717) is 6.42 Å². The van der Waals surface area contributed by atoms with Crippen LogP contribution in [0.15, 0.2) is 24.3 Å². The maximum atomic E-state index is 12.9. The number of anilines is 1. The zero-order valence-corrected chi connectivity index (χ0v) is 10.2. The molecule has 0 heterocycles. The molecule has 0 spiro atoms. The number of benzene rings is 1. The number of nitrogens with one attached hydrogen (secondary N) is 1. The number of halogens is 1. The standard InChI is InChI=1S/C10H15FN2O3S/c1-13(6-3-7-14)17(15,16)12-10-5-2-4-9(11)8-10/h2,4-5,8,12,14H,3,6-7H2,1H3.